The molecule has 2 aliphatic rings. The molecule has 1 saturated heterocycles. The fourth-order valence-corrected chi connectivity index (χ4v) is 4.50. The van der Waals surface area contributed by atoms with E-state index in [1.165, 1.54) is 6.20 Å². The molecular formula is C23H32FN3O3. The van der Waals surface area contributed by atoms with E-state index in [0.29, 0.717) is 6.61 Å². The number of methoxy groups -OCH3 is 1. The van der Waals surface area contributed by atoms with Gasteiger partial charge in [0.25, 0.3) is 5.91 Å². The minimum absolute atomic E-state index is 0.0788. The first kappa shape index (κ1) is 21.2. The highest BCUT2D eigenvalue weighted by Crippen LogP contribution is 2.38. The summed E-state index contributed by atoms with van der Waals surface area (Å²) in [6.07, 6.45) is 9.74. The average molecular weight is 418 g/mol. The van der Waals surface area contributed by atoms with E-state index in [2.05, 4.69) is 15.7 Å². The second-order valence-corrected chi connectivity index (χ2v) is 8.51. The largest absolute Gasteiger partial charge is 0.385 e. The fourth-order valence-electron chi connectivity index (χ4n) is 4.50. The highest BCUT2D eigenvalue weighted by atomic mass is 19.1. The van der Waals surface area contributed by atoms with Crippen LogP contribution in [0.2, 0.25) is 0 Å². The molecule has 2 fully saturated rings. The van der Waals surface area contributed by atoms with E-state index in [1.807, 2.05) is 11.8 Å². The van der Waals surface area contributed by atoms with Crippen molar-refractivity contribution in [2.75, 3.05) is 20.3 Å². The van der Waals surface area contributed by atoms with E-state index in [-0.39, 0.29) is 29.9 Å². The topological polar surface area (TPSA) is 56.6 Å². The molecule has 0 spiro atoms. The van der Waals surface area contributed by atoms with Crippen molar-refractivity contribution in [2.45, 2.75) is 76.6 Å². The summed E-state index contributed by atoms with van der Waals surface area (Å²) in [4.78, 5) is 19.7. The number of amides is 1. The summed E-state index contributed by atoms with van der Waals surface area (Å²) >= 11 is 0. The van der Waals surface area contributed by atoms with Gasteiger partial charge in [0.2, 0.25) is 0 Å². The Kier molecular flexibility index (Phi) is 6.68. The number of ether oxygens (including phenoxy) is 2. The van der Waals surface area contributed by atoms with Crippen LogP contribution < -0.4 is 0 Å². The summed E-state index contributed by atoms with van der Waals surface area (Å²) in [5.74, 6) is -0.275. The van der Waals surface area contributed by atoms with Crippen LogP contribution in [-0.4, -0.2) is 52.8 Å². The van der Waals surface area contributed by atoms with Crippen LogP contribution in [0.3, 0.4) is 0 Å². The van der Waals surface area contributed by atoms with Gasteiger partial charge in [-0.3, -0.25) is 4.79 Å². The Labute approximate surface area is 177 Å². The maximum absolute atomic E-state index is 14.1. The van der Waals surface area contributed by atoms with Gasteiger partial charge in [0, 0.05) is 50.1 Å². The molecule has 0 aromatic carbocycles. The number of aromatic nitrogens is 2. The van der Waals surface area contributed by atoms with Crippen molar-refractivity contribution < 1.29 is 18.7 Å². The highest BCUT2D eigenvalue weighted by Gasteiger charge is 2.40. The van der Waals surface area contributed by atoms with Crippen LogP contribution in [0.15, 0.2) is 18.5 Å². The van der Waals surface area contributed by atoms with E-state index in [1.54, 1.807) is 13.2 Å². The van der Waals surface area contributed by atoms with E-state index >= 15 is 0 Å². The van der Waals surface area contributed by atoms with Crippen molar-refractivity contribution in [2.24, 2.45) is 0 Å². The number of nitrogens with zero attached hydrogens (tertiary/aromatic N) is 3. The second kappa shape index (κ2) is 9.43. The van der Waals surface area contributed by atoms with Crippen LogP contribution in [0, 0.1) is 5.82 Å². The third-order valence-corrected chi connectivity index (χ3v) is 6.23. The molecular weight excluding hydrogens is 385 g/mol. The number of halogens is 1. The lowest BCUT2D eigenvalue weighted by molar-refractivity contribution is -0.149. The maximum Gasteiger partial charge on any atom is 0.252 e. The lowest BCUT2D eigenvalue weighted by Gasteiger charge is -2.34. The zero-order valence-corrected chi connectivity index (χ0v) is 18.0. The molecule has 1 aliphatic heterocycles. The summed E-state index contributed by atoms with van der Waals surface area (Å²) in [5.41, 5.74) is 1.73. The van der Waals surface area contributed by atoms with Gasteiger partial charge in [-0.05, 0) is 57.9 Å². The van der Waals surface area contributed by atoms with E-state index < -0.39 is 0 Å². The van der Waals surface area contributed by atoms with Crippen molar-refractivity contribution in [3.05, 3.63) is 29.8 Å². The van der Waals surface area contributed by atoms with Crippen LogP contribution in [0.1, 0.15) is 63.5 Å². The molecule has 2 aromatic rings. The zero-order chi connectivity index (χ0) is 21.1. The maximum atomic E-state index is 14.1. The van der Waals surface area contributed by atoms with Crippen molar-refractivity contribution in [3.63, 3.8) is 0 Å². The van der Waals surface area contributed by atoms with Crippen LogP contribution in [0.4, 0.5) is 4.39 Å². The molecule has 7 heteroatoms. The molecule has 3 heterocycles. The fraction of sp³-hybridized carbons (Fsp3) is 0.652. The molecule has 1 aliphatic carbocycles. The third-order valence-electron chi connectivity index (χ3n) is 6.23. The van der Waals surface area contributed by atoms with Gasteiger partial charge in [0.1, 0.15) is 17.6 Å². The Bertz CT molecular complexity index is 874. The molecule has 0 bridgehead atoms. The number of unbranched alkanes of at least 4 members (excludes halogenated alkanes) is 1. The van der Waals surface area contributed by atoms with Gasteiger partial charge in [-0.15, -0.1) is 0 Å². The molecule has 30 heavy (non-hydrogen) atoms. The van der Waals surface area contributed by atoms with Gasteiger partial charge in [0.05, 0.1) is 12.2 Å². The van der Waals surface area contributed by atoms with E-state index in [0.717, 1.165) is 74.7 Å². The number of pyridine rings is 1. The molecule has 6 nitrogen and oxygen atoms in total. The van der Waals surface area contributed by atoms with Crippen molar-refractivity contribution in [3.8, 4) is 0 Å². The van der Waals surface area contributed by atoms with Gasteiger partial charge in [-0.2, -0.15) is 0 Å². The smallest absolute Gasteiger partial charge is 0.252 e. The average Bonchev–Trinajstić information content (AvgIpc) is 3.53. The Morgan fingerprint density at radius 2 is 2.20 bits per heavy atom. The molecule has 0 N–H and O–H groups in total. The lowest BCUT2D eigenvalue weighted by atomic mass is 10.0. The predicted octanol–water partition coefficient (Wildman–Crippen LogP) is 4.22. The number of rotatable bonds is 9. The predicted molar refractivity (Wildman–Crippen MR) is 113 cm³/mol. The number of carbonyl (C=O) groups excluding carboxylic acids is 1. The molecule has 4 rings (SSSR count). The van der Waals surface area contributed by atoms with Crippen LogP contribution in [-0.2, 0) is 20.8 Å². The van der Waals surface area contributed by atoms with Crippen molar-refractivity contribution in [1.82, 2.24) is 14.5 Å². The van der Waals surface area contributed by atoms with E-state index in [4.69, 9.17) is 9.47 Å². The minimum Gasteiger partial charge on any atom is -0.385 e. The van der Waals surface area contributed by atoms with Gasteiger partial charge < -0.3 is 18.9 Å². The molecule has 0 unspecified atom stereocenters. The number of carbonyl (C=O) groups is 1. The SMILES string of the molecule is COCCCCn1cc([C@H](C)N(C(=O)[C@H]2CCCCO2)C2CC2)c2cc(F)cnc21. The van der Waals surface area contributed by atoms with Crippen LogP contribution >= 0.6 is 0 Å². The molecule has 2 atom stereocenters. The van der Waals surface area contributed by atoms with E-state index in [9.17, 15) is 9.18 Å². The molecule has 1 amide bonds. The third kappa shape index (κ3) is 4.52. The highest BCUT2D eigenvalue weighted by molar-refractivity contribution is 5.85. The number of aryl methyl sites for hydroxylation is 1. The molecule has 1 saturated carbocycles. The monoisotopic (exact) mass is 417 g/mol. The number of fused-ring (bicyclic) bond motifs is 1. The number of hydrogen-bond donors (Lipinski definition) is 0. The summed E-state index contributed by atoms with van der Waals surface area (Å²) in [7, 11) is 1.70. The molecule has 164 valence electrons. The van der Waals surface area contributed by atoms with Gasteiger partial charge >= 0.3 is 0 Å². The molecule has 2 aromatic heterocycles. The minimum atomic E-state index is -0.354. The van der Waals surface area contributed by atoms with Gasteiger partial charge in [-0.25, -0.2) is 9.37 Å². The van der Waals surface area contributed by atoms with Crippen LogP contribution in [0.5, 0.6) is 0 Å². The molecule has 0 radical (unpaired) electrons. The first-order valence-corrected chi connectivity index (χ1v) is 11.2. The summed E-state index contributed by atoms with van der Waals surface area (Å²) in [5, 5.41) is 0.789. The summed E-state index contributed by atoms with van der Waals surface area (Å²) in [6, 6.07) is 1.65. The van der Waals surface area contributed by atoms with Gasteiger partial charge in [-0.1, -0.05) is 0 Å². The Morgan fingerprint density at radius 1 is 1.37 bits per heavy atom. The second-order valence-electron chi connectivity index (χ2n) is 8.51. The Hall–Kier alpha value is -1.99. The van der Waals surface area contributed by atoms with Crippen LogP contribution in [0.25, 0.3) is 11.0 Å². The van der Waals surface area contributed by atoms with Gasteiger partial charge in [0.15, 0.2) is 0 Å². The van der Waals surface area contributed by atoms with Crippen molar-refractivity contribution in [1.29, 1.82) is 0 Å². The van der Waals surface area contributed by atoms with Crippen molar-refractivity contribution >= 4 is 16.9 Å². The first-order valence-electron chi connectivity index (χ1n) is 11.2. The number of hydrogen-bond acceptors (Lipinski definition) is 4. The Morgan fingerprint density at radius 3 is 2.90 bits per heavy atom. The normalized spacial score (nSPS) is 20.4. The summed E-state index contributed by atoms with van der Waals surface area (Å²) in [6.45, 7) is 4.21. The quantitative estimate of drug-likeness (QED) is 0.573. The first-order chi connectivity index (χ1) is 14.6. The lowest BCUT2D eigenvalue weighted by Crippen LogP contribution is -2.44. The Balaban J connectivity index is 1.62. The standard InChI is InChI=1S/C23H32FN3O3/c1-16(27(18-8-9-18)23(28)21-7-3-5-12-30-21)20-15-26(10-4-6-11-29-2)22-19(20)13-17(24)14-25-22/h13-16,18,21H,3-12H2,1-2H3/t16-,21+/m0/s1. The zero-order valence-electron chi connectivity index (χ0n) is 18.0. The summed E-state index contributed by atoms with van der Waals surface area (Å²) < 4.78 is 27.1.